The van der Waals surface area contributed by atoms with Crippen LogP contribution in [0, 0.1) is 6.92 Å². The van der Waals surface area contributed by atoms with Crippen molar-refractivity contribution >= 4 is 39.3 Å². The third-order valence-corrected chi connectivity index (χ3v) is 7.13. The topological polar surface area (TPSA) is 123 Å². The molecule has 4 heterocycles. The maximum absolute atomic E-state index is 10.2. The third-order valence-electron chi connectivity index (χ3n) is 5.91. The standard InChI is InChI=1S/C26H31N3O4S.O2S/c1-16-4-5-23(27-14-16)33-19-10-17-11-21(25-28-15-20(34-25)13-26(2,3)30)29-24(17)22(12-19)32-18-6-8-31-9-7-18;1-3-2/h4-5,10-12,14,18,20,29-30H,6-9,13,15H2,1-3H3;. The minimum absolute atomic E-state index is 0.103. The van der Waals surface area contributed by atoms with Crippen molar-refractivity contribution in [1.82, 2.24) is 9.97 Å². The van der Waals surface area contributed by atoms with Crippen LogP contribution < -0.4 is 9.47 Å². The fourth-order valence-electron chi connectivity index (χ4n) is 4.29. The van der Waals surface area contributed by atoms with Crippen molar-refractivity contribution in [2.45, 2.75) is 57.0 Å². The van der Waals surface area contributed by atoms with E-state index in [0.29, 0.717) is 37.8 Å². The number of fused-ring (bicyclic) bond motifs is 1. The second-order valence-electron chi connectivity index (χ2n) is 9.74. The average Bonchev–Trinajstić information content (AvgIpc) is 3.48. The van der Waals surface area contributed by atoms with Gasteiger partial charge in [-0.25, -0.2) is 4.98 Å². The summed E-state index contributed by atoms with van der Waals surface area (Å²) >= 11 is 0.966. The number of aromatic amines is 1. The molecule has 2 N–H and O–H groups in total. The van der Waals surface area contributed by atoms with Gasteiger partial charge in [0.15, 0.2) is 0 Å². The predicted octanol–water partition coefficient (Wildman–Crippen LogP) is 4.57. The Balaban J connectivity index is 0.00000102. The number of pyridine rings is 1. The van der Waals surface area contributed by atoms with Crippen LogP contribution in [0.25, 0.3) is 10.9 Å². The van der Waals surface area contributed by atoms with Crippen molar-refractivity contribution in [2.24, 2.45) is 4.99 Å². The lowest BCUT2D eigenvalue weighted by Crippen LogP contribution is -2.26. The highest BCUT2D eigenvalue weighted by Gasteiger charge is 2.28. The van der Waals surface area contributed by atoms with Gasteiger partial charge in [-0.1, -0.05) is 17.8 Å². The number of hydrogen-bond acceptors (Lipinski definition) is 9. The fraction of sp³-hybridized carbons (Fsp3) is 0.462. The molecule has 37 heavy (non-hydrogen) atoms. The SMILES string of the molecule is Cc1ccc(Oc2cc(OC3CCOCC3)c3[nH]c(C4=NCC(CC(C)(C)O)S4)cc3c2)nc1.O=S=O. The van der Waals surface area contributed by atoms with E-state index in [1.165, 1.54) is 0 Å². The van der Waals surface area contributed by atoms with E-state index in [0.717, 1.165) is 45.8 Å². The van der Waals surface area contributed by atoms with Crippen molar-refractivity contribution in [3.05, 3.63) is 47.8 Å². The highest BCUT2D eigenvalue weighted by Crippen LogP contribution is 2.37. The number of thioether (sulfide) groups is 1. The Morgan fingerprint density at radius 1 is 1.22 bits per heavy atom. The lowest BCUT2D eigenvalue weighted by Gasteiger charge is -2.23. The molecule has 2 aliphatic rings. The summed E-state index contributed by atoms with van der Waals surface area (Å²) in [5.41, 5.74) is 2.27. The van der Waals surface area contributed by atoms with E-state index in [4.69, 9.17) is 27.6 Å². The van der Waals surface area contributed by atoms with E-state index < -0.39 is 17.2 Å². The molecule has 0 saturated carbocycles. The molecule has 1 fully saturated rings. The first-order chi connectivity index (χ1) is 17.7. The number of aryl methyl sites for hydroxylation is 1. The number of aromatic nitrogens is 2. The molecule has 0 bridgehead atoms. The maximum atomic E-state index is 10.2. The van der Waals surface area contributed by atoms with E-state index >= 15 is 0 Å². The van der Waals surface area contributed by atoms with Crippen molar-refractivity contribution in [2.75, 3.05) is 19.8 Å². The summed E-state index contributed by atoms with van der Waals surface area (Å²) in [5, 5.41) is 12.4. The van der Waals surface area contributed by atoms with Gasteiger partial charge >= 0.3 is 11.6 Å². The van der Waals surface area contributed by atoms with E-state index in [9.17, 15) is 5.11 Å². The summed E-state index contributed by atoms with van der Waals surface area (Å²) in [6.07, 6.45) is 4.32. The number of nitrogens with zero attached hydrogens (tertiary/aromatic N) is 2. The molecule has 0 radical (unpaired) electrons. The van der Waals surface area contributed by atoms with Gasteiger partial charge in [0.05, 0.1) is 36.6 Å². The van der Waals surface area contributed by atoms with Crippen molar-refractivity contribution in [3.63, 3.8) is 0 Å². The second-order valence-corrected chi connectivity index (χ2v) is 11.2. The lowest BCUT2D eigenvalue weighted by atomic mass is 10.0. The van der Waals surface area contributed by atoms with Gasteiger partial charge in [-0.2, -0.15) is 8.42 Å². The van der Waals surface area contributed by atoms with Crippen LogP contribution in [0.1, 0.15) is 44.4 Å². The van der Waals surface area contributed by atoms with Crippen LogP contribution in [0.15, 0.2) is 41.5 Å². The van der Waals surface area contributed by atoms with Crippen molar-refractivity contribution < 1.29 is 27.7 Å². The molecule has 9 nitrogen and oxygen atoms in total. The van der Waals surface area contributed by atoms with Gasteiger partial charge in [0.2, 0.25) is 5.88 Å². The highest BCUT2D eigenvalue weighted by atomic mass is 32.2. The normalized spacial score (nSPS) is 18.2. The van der Waals surface area contributed by atoms with Gasteiger partial charge in [-0.05, 0) is 44.9 Å². The maximum Gasteiger partial charge on any atom is 0.335 e. The first kappa shape index (κ1) is 27.3. The first-order valence-corrected chi connectivity index (χ1v) is 13.7. The number of aliphatic imine (C=N–C) groups is 1. The summed E-state index contributed by atoms with van der Waals surface area (Å²) in [7, 11) is 0. The average molecular weight is 546 g/mol. The molecule has 1 saturated heterocycles. The van der Waals surface area contributed by atoms with Crippen molar-refractivity contribution in [1.29, 1.82) is 0 Å². The second kappa shape index (κ2) is 12.2. The van der Waals surface area contributed by atoms with Crippen LogP contribution in [-0.2, 0) is 16.3 Å². The third kappa shape index (κ3) is 7.64. The van der Waals surface area contributed by atoms with Gasteiger partial charge in [-0.3, -0.25) is 4.99 Å². The zero-order chi connectivity index (χ0) is 26.4. The zero-order valence-electron chi connectivity index (χ0n) is 21.1. The molecule has 2 aliphatic heterocycles. The Bertz CT molecular complexity index is 1270. The summed E-state index contributed by atoms with van der Waals surface area (Å²) in [5.74, 6) is 1.98. The summed E-state index contributed by atoms with van der Waals surface area (Å²) < 4.78 is 34.6. The van der Waals surface area contributed by atoms with E-state index in [1.807, 2.05) is 45.0 Å². The van der Waals surface area contributed by atoms with Crippen molar-refractivity contribution in [3.8, 4) is 17.4 Å². The summed E-state index contributed by atoms with van der Waals surface area (Å²) in [6.45, 7) is 7.82. The molecular formula is C26H31N3O6S2. The Labute approximate surface area is 223 Å². The highest BCUT2D eigenvalue weighted by molar-refractivity contribution is 8.15. The van der Waals surface area contributed by atoms with E-state index in [2.05, 4.69) is 16.0 Å². The number of hydrogen-bond donors (Lipinski definition) is 2. The molecule has 3 aromatic rings. The Kier molecular flexibility index (Phi) is 9.01. The number of rotatable bonds is 7. The number of benzene rings is 1. The smallest absolute Gasteiger partial charge is 0.335 e. The molecule has 0 spiro atoms. The Morgan fingerprint density at radius 2 is 1.97 bits per heavy atom. The number of H-pyrrole nitrogens is 1. The molecule has 0 aliphatic carbocycles. The predicted molar refractivity (Wildman–Crippen MR) is 144 cm³/mol. The molecule has 0 amide bonds. The van der Waals surface area contributed by atoms with E-state index in [-0.39, 0.29) is 11.4 Å². The number of ether oxygens (including phenoxy) is 3. The summed E-state index contributed by atoms with van der Waals surface area (Å²) in [6, 6.07) is 9.88. The van der Waals surface area contributed by atoms with Gasteiger partial charge in [0.25, 0.3) is 0 Å². The van der Waals surface area contributed by atoms with E-state index in [1.54, 1.807) is 18.0 Å². The molecular weight excluding hydrogens is 514 g/mol. The zero-order valence-corrected chi connectivity index (χ0v) is 22.7. The lowest BCUT2D eigenvalue weighted by molar-refractivity contribution is 0.0260. The molecule has 2 aromatic heterocycles. The monoisotopic (exact) mass is 545 g/mol. The molecule has 198 valence electrons. The minimum Gasteiger partial charge on any atom is -0.488 e. The van der Waals surface area contributed by atoms with Gasteiger partial charge < -0.3 is 24.3 Å². The molecule has 1 aromatic carbocycles. The van der Waals surface area contributed by atoms with Gasteiger partial charge in [0, 0.05) is 41.8 Å². The number of nitrogens with one attached hydrogen (secondary N) is 1. The first-order valence-electron chi connectivity index (χ1n) is 12.1. The molecule has 1 unspecified atom stereocenters. The fourth-order valence-corrected chi connectivity index (χ4v) is 5.63. The van der Waals surface area contributed by atoms with Crippen LogP contribution in [0.2, 0.25) is 0 Å². The van der Waals surface area contributed by atoms with Gasteiger partial charge in [-0.15, -0.1) is 0 Å². The Hall–Kier alpha value is -2.73. The van der Waals surface area contributed by atoms with Crippen LogP contribution >= 0.6 is 11.8 Å². The van der Waals surface area contributed by atoms with Crippen LogP contribution in [0.3, 0.4) is 0 Å². The molecule has 5 rings (SSSR count). The van der Waals surface area contributed by atoms with Gasteiger partial charge in [0.1, 0.15) is 22.6 Å². The molecule has 11 heteroatoms. The van der Waals surface area contributed by atoms with Crippen LogP contribution in [-0.4, -0.2) is 65.2 Å². The Morgan fingerprint density at radius 3 is 2.65 bits per heavy atom. The van der Waals surface area contributed by atoms with Crippen LogP contribution in [0.4, 0.5) is 0 Å². The largest absolute Gasteiger partial charge is 0.488 e. The molecule has 1 atom stereocenters. The minimum atomic E-state index is -0.750. The quantitative estimate of drug-likeness (QED) is 0.443. The summed E-state index contributed by atoms with van der Waals surface area (Å²) in [4.78, 5) is 12.7. The number of aliphatic hydroxyl groups is 1. The van der Waals surface area contributed by atoms with Crippen LogP contribution in [0.5, 0.6) is 17.4 Å².